The fourth-order valence-corrected chi connectivity index (χ4v) is 3.34. The van der Waals surface area contributed by atoms with E-state index in [9.17, 15) is 14.9 Å². The second-order valence-corrected chi connectivity index (χ2v) is 7.25. The van der Waals surface area contributed by atoms with Gasteiger partial charge in [-0.25, -0.2) is 0 Å². The van der Waals surface area contributed by atoms with Crippen molar-refractivity contribution >= 4 is 35.4 Å². The first-order valence-corrected chi connectivity index (χ1v) is 9.75. The van der Waals surface area contributed by atoms with Crippen molar-refractivity contribution in [2.24, 2.45) is 11.7 Å². The van der Waals surface area contributed by atoms with E-state index in [0.717, 1.165) is 25.9 Å². The van der Waals surface area contributed by atoms with Gasteiger partial charge >= 0.3 is 0 Å². The van der Waals surface area contributed by atoms with E-state index < -0.39 is 10.8 Å². The number of nitro benzene ring substituents is 1. The Hall–Kier alpha value is -2.84. The highest BCUT2D eigenvalue weighted by atomic mass is 35.5. The van der Waals surface area contributed by atoms with Gasteiger partial charge in [0.15, 0.2) is 0 Å². The molecule has 0 atom stereocenters. The van der Waals surface area contributed by atoms with Crippen LogP contribution in [0.2, 0.25) is 0 Å². The quantitative estimate of drug-likeness (QED) is 0.506. The predicted octanol–water partition coefficient (Wildman–Crippen LogP) is 3.84. The van der Waals surface area contributed by atoms with Gasteiger partial charge in [-0.05, 0) is 55.2 Å². The molecule has 0 radical (unpaired) electrons. The Morgan fingerprint density at radius 1 is 1.23 bits per heavy atom. The molecule has 1 amide bonds. The van der Waals surface area contributed by atoms with E-state index in [2.05, 4.69) is 12.2 Å². The molecule has 1 heterocycles. The minimum absolute atomic E-state index is 0. The first kappa shape index (κ1) is 23.4. The first-order chi connectivity index (χ1) is 14.0. The fraction of sp³-hybridized carbons (Fsp3) is 0.381. The van der Waals surface area contributed by atoms with Crippen LogP contribution in [0.5, 0.6) is 5.75 Å². The molecule has 0 aromatic heterocycles. The third-order valence-corrected chi connectivity index (χ3v) is 5.06. The number of hydrogen-bond donors (Lipinski definition) is 2. The topological polar surface area (TPSA) is 111 Å². The lowest BCUT2D eigenvalue weighted by atomic mass is 9.98. The third kappa shape index (κ3) is 5.84. The highest BCUT2D eigenvalue weighted by molar-refractivity contribution is 6.05. The second-order valence-electron chi connectivity index (χ2n) is 7.25. The van der Waals surface area contributed by atoms with E-state index in [1.807, 2.05) is 4.90 Å². The Morgan fingerprint density at radius 2 is 1.90 bits per heavy atom. The molecule has 30 heavy (non-hydrogen) atoms. The number of amides is 1. The summed E-state index contributed by atoms with van der Waals surface area (Å²) in [5.74, 6) is 0.884. The molecule has 162 valence electrons. The zero-order chi connectivity index (χ0) is 20.8. The van der Waals surface area contributed by atoms with Gasteiger partial charge in [0, 0.05) is 37.0 Å². The summed E-state index contributed by atoms with van der Waals surface area (Å²) < 4.78 is 5.40. The summed E-state index contributed by atoms with van der Waals surface area (Å²) in [4.78, 5) is 25.8. The monoisotopic (exact) mass is 434 g/mol. The molecule has 0 unspecified atom stereocenters. The van der Waals surface area contributed by atoms with Crippen LogP contribution in [0.25, 0.3) is 0 Å². The summed E-state index contributed by atoms with van der Waals surface area (Å²) in [5.41, 5.74) is 6.75. The molecule has 0 bridgehead atoms. The molecule has 1 aliphatic rings. The highest BCUT2D eigenvalue weighted by Crippen LogP contribution is 2.32. The maximum atomic E-state index is 12.6. The van der Waals surface area contributed by atoms with Crippen LogP contribution in [0.15, 0.2) is 42.5 Å². The third-order valence-electron chi connectivity index (χ3n) is 5.06. The van der Waals surface area contributed by atoms with Gasteiger partial charge in [-0.15, -0.1) is 12.4 Å². The largest absolute Gasteiger partial charge is 0.492 e. The fourth-order valence-electron chi connectivity index (χ4n) is 3.34. The molecule has 0 spiro atoms. The molecule has 1 aliphatic heterocycles. The Bertz CT molecular complexity index is 868. The summed E-state index contributed by atoms with van der Waals surface area (Å²) >= 11 is 0. The standard InChI is InChI=1S/C21H26N4O4.ClH/c1-15-8-11-24(12-9-15)19-7-2-16(14-20(19)25(27)28)21(26)23-17-3-5-18(6-4-17)29-13-10-22;/h2-7,14-15H,8-13,22H2,1H3,(H,23,26);1H. The minimum Gasteiger partial charge on any atom is -0.492 e. The smallest absolute Gasteiger partial charge is 0.293 e. The molecule has 9 heteroatoms. The lowest BCUT2D eigenvalue weighted by molar-refractivity contribution is -0.384. The van der Waals surface area contributed by atoms with Gasteiger partial charge in [-0.3, -0.25) is 14.9 Å². The first-order valence-electron chi connectivity index (χ1n) is 9.75. The molecule has 2 aromatic rings. The van der Waals surface area contributed by atoms with Gasteiger partial charge in [0.25, 0.3) is 11.6 Å². The molecule has 1 fully saturated rings. The van der Waals surface area contributed by atoms with Crippen molar-refractivity contribution in [3.05, 3.63) is 58.1 Å². The van der Waals surface area contributed by atoms with Crippen molar-refractivity contribution in [3.63, 3.8) is 0 Å². The number of nitrogens with zero attached hydrogens (tertiary/aromatic N) is 2. The Morgan fingerprint density at radius 3 is 2.50 bits per heavy atom. The zero-order valence-electron chi connectivity index (χ0n) is 16.9. The number of anilines is 2. The van der Waals surface area contributed by atoms with Crippen LogP contribution in [0.4, 0.5) is 17.1 Å². The number of nitrogens with two attached hydrogens (primary N) is 1. The number of piperidine rings is 1. The van der Waals surface area contributed by atoms with Crippen LogP contribution in [0.1, 0.15) is 30.1 Å². The molecular weight excluding hydrogens is 408 g/mol. The molecule has 3 rings (SSSR count). The van der Waals surface area contributed by atoms with Crippen molar-refractivity contribution in [3.8, 4) is 5.75 Å². The van der Waals surface area contributed by atoms with Crippen molar-refractivity contribution in [2.75, 3.05) is 36.5 Å². The molecule has 8 nitrogen and oxygen atoms in total. The van der Waals surface area contributed by atoms with Crippen LogP contribution < -0.4 is 20.7 Å². The number of halogens is 1. The van der Waals surface area contributed by atoms with Gasteiger partial charge in [-0.2, -0.15) is 0 Å². The van der Waals surface area contributed by atoms with Gasteiger partial charge in [0.2, 0.25) is 0 Å². The maximum Gasteiger partial charge on any atom is 0.293 e. The van der Waals surface area contributed by atoms with Crippen LogP contribution >= 0.6 is 12.4 Å². The molecule has 3 N–H and O–H groups in total. The Labute approximate surface area is 181 Å². The summed E-state index contributed by atoms with van der Waals surface area (Å²) in [5, 5.41) is 14.4. The highest BCUT2D eigenvalue weighted by Gasteiger charge is 2.24. The second kappa shape index (κ2) is 10.8. The minimum atomic E-state index is -0.423. The number of rotatable bonds is 7. The molecule has 1 saturated heterocycles. The normalized spacial score (nSPS) is 14.0. The lowest BCUT2D eigenvalue weighted by Gasteiger charge is -2.31. The van der Waals surface area contributed by atoms with Crippen LogP contribution in [0, 0.1) is 16.0 Å². The van der Waals surface area contributed by atoms with Gasteiger partial charge < -0.3 is 20.7 Å². The molecular formula is C21H27ClN4O4. The number of ether oxygens (including phenoxy) is 1. The van der Waals surface area contributed by atoms with Crippen molar-refractivity contribution in [1.82, 2.24) is 0 Å². The van der Waals surface area contributed by atoms with E-state index in [1.54, 1.807) is 36.4 Å². The number of benzene rings is 2. The van der Waals surface area contributed by atoms with Gasteiger partial charge in [-0.1, -0.05) is 6.92 Å². The predicted molar refractivity (Wildman–Crippen MR) is 120 cm³/mol. The average molecular weight is 435 g/mol. The maximum absolute atomic E-state index is 12.6. The van der Waals surface area contributed by atoms with Crippen molar-refractivity contribution in [2.45, 2.75) is 19.8 Å². The number of nitro groups is 1. The van der Waals surface area contributed by atoms with E-state index in [4.69, 9.17) is 10.5 Å². The van der Waals surface area contributed by atoms with E-state index in [0.29, 0.717) is 36.2 Å². The van der Waals surface area contributed by atoms with E-state index in [1.165, 1.54) is 6.07 Å². The number of carbonyl (C=O) groups is 1. The van der Waals surface area contributed by atoms with E-state index >= 15 is 0 Å². The summed E-state index contributed by atoms with van der Waals surface area (Å²) in [7, 11) is 0. The summed E-state index contributed by atoms with van der Waals surface area (Å²) in [6, 6.07) is 11.5. The van der Waals surface area contributed by atoms with Gasteiger partial charge in [0.1, 0.15) is 18.0 Å². The number of hydrogen-bond acceptors (Lipinski definition) is 6. The van der Waals surface area contributed by atoms with Crippen LogP contribution in [0.3, 0.4) is 0 Å². The Kier molecular flexibility index (Phi) is 8.44. The Balaban J connectivity index is 0.00000320. The van der Waals surface area contributed by atoms with E-state index in [-0.39, 0.29) is 23.7 Å². The molecule has 2 aromatic carbocycles. The lowest BCUT2D eigenvalue weighted by Crippen LogP contribution is -2.33. The molecule has 0 saturated carbocycles. The zero-order valence-corrected chi connectivity index (χ0v) is 17.7. The van der Waals surface area contributed by atoms with Crippen molar-refractivity contribution < 1.29 is 14.5 Å². The summed E-state index contributed by atoms with van der Waals surface area (Å²) in [6.07, 6.45) is 2.01. The van der Waals surface area contributed by atoms with Crippen LogP contribution in [-0.2, 0) is 0 Å². The van der Waals surface area contributed by atoms with Crippen molar-refractivity contribution in [1.29, 1.82) is 0 Å². The number of carbonyl (C=O) groups excluding carboxylic acids is 1. The number of nitrogens with one attached hydrogen (secondary N) is 1. The summed E-state index contributed by atoms with van der Waals surface area (Å²) in [6.45, 7) is 4.59. The SMILES string of the molecule is CC1CCN(c2ccc(C(=O)Nc3ccc(OCCN)cc3)cc2[N+](=O)[O-])CC1.Cl. The average Bonchev–Trinajstić information content (AvgIpc) is 2.73. The molecule has 0 aliphatic carbocycles. The van der Waals surface area contributed by atoms with Crippen LogP contribution in [-0.4, -0.2) is 37.1 Å². The van der Waals surface area contributed by atoms with Gasteiger partial charge in [0.05, 0.1) is 4.92 Å².